The molecule has 1 amide bonds. The van der Waals surface area contributed by atoms with E-state index in [2.05, 4.69) is 5.32 Å². The Kier molecular flexibility index (Phi) is 5.50. The second-order valence-electron chi connectivity index (χ2n) is 5.01. The second-order valence-corrected chi connectivity index (χ2v) is 6.92. The summed E-state index contributed by atoms with van der Waals surface area (Å²) in [6.07, 6.45) is 0.498. The number of alkyl halides is 2. The van der Waals surface area contributed by atoms with E-state index < -0.39 is 26.4 Å². The molecule has 24 heavy (non-hydrogen) atoms. The van der Waals surface area contributed by atoms with Gasteiger partial charge in [0.2, 0.25) is 9.84 Å². The topological polar surface area (TPSA) is 83.5 Å². The SMILES string of the molecule is O=C(NCCc1cccc(O)c1)c1ccc(S(=O)(=O)C(F)F)cc1. The van der Waals surface area contributed by atoms with Gasteiger partial charge in [-0.15, -0.1) is 0 Å². The van der Waals surface area contributed by atoms with Crippen molar-refractivity contribution in [1.29, 1.82) is 0 Å². The van der Waals surface area contributed by atoms with Crippen molar-refractivity contribution < 1.29 is 27.1 Å². The van der Waals surface area contributed by atoms with Crippen molar-refractivity contribution in [3.05, 3.63) is 59.7 Å². The molecule has 2 aromatic rings. The van der Waals surface area contributed by atoms with E-state index in [1.165, 1.54) is 18.2 Å². The Morgan fingerprint density at radius 1 is 1.12 bits per heavy atom. The Hall–Kier alpha value is -2.48. The molecule has 2 rings (SSSR count). The number of aromatic hydroxyl groups is 1. The Morgan fingerprint density at radius 2 is 1.79 bits per heavy atom. The largest absolute Gasteiger partial charge is 0.508 e. The molecular formula is C16H15F2NO4S. The third-order valence-corrected chi connectivity index (χ3v) is 4.69. The van der Waals surface area contributed by atoms with Crippen LogP contribution in [0.5, 0.6) is 5.75 Å². The lowest BCUT2D eigenvalue weighted by atomic mass is 10.1. The lowest BCUT2D eigenvalue weighted by molar-refractivity contribution is 0.0954. The third-order valence-electron chi connectivity index (χ3n) is 3.29. The van der Waals surface area contributed by atoms with Crippen LogP contribution < -0.4 is 5.32 Å². The zero-order valence-corrected chi connectivity index (χ0v) is 13.3. The highest BCUT2D eigenvalue weighted by Gasteiger charge is 2.26. The van der Waals surface area contributed by atoms with Gasteiger partial charge in [0.25, 0.3) is 5.91 Å². The Bertz CT molecular complexity index is 820. The van der Waals surface area contributed by atoms with E-state index in [9.17, 15) is 27.1 Å². The third kappa shape index (κ3) is 4.29. The number of amides is 1. The lowest BCUT2D eigenvalue weighted by Gasteiger charge is -2.07. The minimum Gasteiger partial charge on any atom is -0.508 e. The summed E-state index contributed by atoms with van der Waals surface area (Å²) in [6, 6.07) is 10.9. The maximum absolute atomic E-state index is 12.4. The van der Waals surface area contributed by atoms with Crippen molar-refractivity contribution in [2.24, 2.45) is 0 Å². The summed E-state index contributed by atoms with van der Waals surface area (Å²) in [5.74, 6) is -3.81. The molecule has 8 heteroatoms. The van der Waals surface area contributed by atoms with Crippen molar-refractivity contribution in [3.8, 4) is 5.75 Å². The highest BCUT2D eigenvalue weighted by Crippen LogP contribution is 2.18. The standard InChI is InChI=1S/C16H15F2NO4S/c17-16(18)24(22,23)14-6-4-12(5-7-14)15(21)19-9-8-11-2-1-3-13(20)10-11/h1-7,10,16,20H,8-9H2,(H,19,21). The molecule has 128 valence electrons. The summed E-state index contributed by atoms with van der Waals surface area (Å²) in [4.78, 5) is 11.4. The first-order valence-electron chi connectivity index (χ1n) is 6.99. The number of carbonyl (C=O) groups is 1. The van der Waals surface area contributed by atoms with E-state index >= 15 is 0 Å². The quantitative estimate of drug-likeness (QED) is 0.833. The Labute approximate surface area is 137 Å². The van der Waals surface area contributed by atoms with Crippen molar-refractivity contribution in [2.75, 3.05) is 6.54 Å². The minimum absolute atomic E-state index is 0.134. The van der Waals surface area contributed by atoms with Crippen LogP contribution in [0.3, 0.4) is 0 Å². The molecule has 0 spiro atoms. The molecule has 0 saturated heterocycles. The van der Waals surface area contributed by atoms with Gasteiger partial charge in [-0.3, -0.25) is 4.79 Å². The van der Waals surface area contributed by atoms with Crippen LogP contribution in [0.25, 0.3) is 0 Å². The highest BCUT2D eigenvalue weighted by atomic mass is 32.2. The second kappa shape index (κ2) is 7.39. The number of phenolic OH excluding ortho intramolecular Hbond substituents is 1. The Morgan fingerprint density at radius 3 is 2.38 bits per heavy atom. The number of carbonyl (C=O) groups excluding carboxylic acids is 1. The summed E-state index contributed by atoms with van der Waals surface area (Å²) >= 11 is 0. The highest BCUT2D eigenvalue weighted by molar-refractivity contribution is 7.91. The molecule has 2 aromatic carbocycles. The molecule has 0 saturated carbocycles. The fourth-order valence-corrected chi connectivity index (χ4v) is 2.75. The van der Waals surface area contributed by atoms with Gasteiger partial charge in [-0.2, -0.15) is 8.78 Å². The van der Waals surface area contributed by atoms with Gasteiger partial charge in [0.15, 0.2) is 0 Å². The van der Waals surface area contributed by atoms with Crippen molar-refractivity contribution >= 4 is 15.7 Å². The van der Waals surface area contributed by atoms with Gasteiger partial charge in [0.1, 0.15) is 5.75 Å². The molecular weight excluding hydrogens is 340 g/mol. The van der Waals surface area contributed by atoms with Crippen LogP contribution in [-0.4, -0.2) is 31.7 Å². The van der Waals surface area contributed by atoms with Crippen LogP contribution >= 0.6 is 0 Å². The van der Waals surface area contributed by atoms with Gasteiger partial charge in [-0.05, 0) is 48.4 Å². The molecule has 0 atom stereocenters. The summed E-state index contributed by atoms with van der Waals surface area (Å²) in [5.41, 5.74) is 1.01. The molecule has 0 heterocycles. The molecule has 0 unspecified atom stereocenters. The molecule has 0 aliphatic rings. The number of nitrogens with one attached hydrogen (secondary N) is 1. The monoisotopic (exact) mass is 355 g/mol. The van der Waals surface area contributed by atoms with Gasteiger partial charge >= 0.3 is 5.76 Å². The average molecular weight is 355 g/mol. The van der Waals surface area contributed by atoms with Crippen LogP contribution in [0.1, 0.15) is 15.9 Å². The predicted octanol–water partition coefficient (Wildman–Crippen LogP) is 2.36. The number of phenols is 1. The zero-order valence-electron chi connectivity index (χ0n) is 12.4. The first-order valence-corrected chi connectivity index (χ1v) is 8.53. The summed E-state index contributed by atoms with van der Waals surface area (Å²) in [5, 5.41) is 12.0. The fraction of sp³-hybridized carbons (Fsp3) is 0.188. The van der Waals surface area contributed by atoms with E-state index in [1.807, 2.05) is 0 Å². The number of hydrogen-bond donors (Lipinski definition) is 2. The van der Waals surface area contributed by atoms with E-state index in [1.54, 1.807) is 18.2 Å². The van der Waals surface area contributed by atoms with Crippen LogP contribution in [0, 0.1) is 0 Å². The molecule has 0 fully saturated rings. The molecule has 5 nitrogen and oxygen atoms in total. The molecule has 2 N–H and O–H groups in total. The number of sulfone groups is 1. The van der Waals surface area contributed by atoms with Gasteiger partial charge < -0.3 is 10.4 Å². The predicted molar refractivity (Wildman–Crippen MR) is 83.8 cm³/mol. The number of hydrogen-bond acceptors (Lipinski definition) is 4. The number of benzene rings is 2. The van der Waals surface area contributed by atoms with Gasteiger partial charge in [0, 0.05) is 12.1 Å². The maximum atomic E-state index is 12.4. The van der Waals surface area contributed by atoms with E-state index in [-0.39, 0.29) is 11.3 Å². The normalized spacial score (nSPS) is 11.5. The van der Waals surface area contributed by atoms with Gasteiger partial charge in [0.05, 0.1) is 4.90 Å². The number of halogens is 2. The van der Waals surface area contributed by atoms with Crippen molar-refractivity contribution in [1.82, 2.24) is 5.32 Å². The molecule has 0 aliphatic heterocycles. The van der Waals surface area contributed by atoms with Gasteiger partial charge in [-0.1, -0.05) is 12.1 Å². The lowest BCUT2D eigenvalue weighted by Crippen LogP contribution is -2.25. The van der Waals surface area contributed by atoms with Crippen LogP contribution in [-0.2, 0) is 16.3 Å². The smallest absolute Gasteiger partial charge is 0.341 e. The molecule has 0 bridgehead atoms. The maximum Gasteiger partial charge on any atom is 0.341 e. The summed E-state index contributed by atoms with van der Waals surface area (Å²) in [7, 11) is -4.67. The van der Waals surface area contributed by atoms with E-state index in [4.69, 9.17) is 0 Å². The van der Waals surface area contributed by atoms with Gasteiger partial charge in [-0.25, -0.2) is 8.42 Å². The zero-order chi connectivity index (χ0) is 17.7. The van der Waals surface area contributed by atoms with Crippen molar-refractivity contribution in [2.45, 2.75) is 17.1 Å². The van der Waals surface area contributed by atoms with Crippen LogP contribution in [0.15, 0.2) is 53.4 Å². The van der Waals surface area contributed by atoms with Crippen molar-refractivity contribution in [3.63, 3.8) is 0 Å². The Balaban J connectivity index is 1.96. The summed E-state index contributed by atoms with van der Waals surface area (Å²) in [6.45, 7) is 0.305. The number of rotatable bonds is 6. The first kappa shape index (κ1) is 17.9. The minimum atomic E-state index is -4.67. The van der Waals surface area contributed by atoms with E-state index in [0.717, 1.165) is 17.7 Å². The first-order chi connectivity index (χ1) is 11.3. The summed E-state index contributed by atoms with van der Waals surface area (Å²) < 4.78 is 47.5. The average Bonchev–Trinajstić information content (AvgIpc) is 2.55. The molecule has 0 radical (unpaired) electrons. The molecule has 0 aliphatic carbocycles. The van der Waals surface area contributed by atoms with Crippen LogP contribution in [0.4, 0.5) is 8.78 Å². The van der Waals surface area contributed by atoms with Crippen LogP contribution in [0.2, 0.25) is 0 Å². The van der Waals surface area contributed by atoms with E-state index in [0.29, 0.717) is 13.0 Å². The molecule has 0 aromatic heterocycles. The fourth-order valence-electron chi connectivity index (χ4n) is 2.03.